The number of nitrogens with two attached hydrogens (primary N) is 1. The van der Waals surface area contributed by atoms with Crippen molar-refractivity contribution in [2.24, 2.45) is 11.1 Å². The van der Waals surface area contributed by atoms with Crippen molar-refractivity contribution in [3.05, 3.63) is 72.4 Å². The van der Waals surface area contributed by atoms with Crippen molar-refractivity contribution in [3.63, 3.8) is 0 Å². The maximum atomic E-state index is 15.3. The molecule has 4 N–H and O–H groups in total. The van der Waals surface area contributed by atoms with Crippen LogP contribution in [0.5, 0.6) is 11.5 Å². The normalized spacial score (nSPS) is 16.2. The third kappa shape index (κ3) is 5.57. The molecule has 0 unspecified atom stereocenters. The average Bonchev–Trinajstić information content (AvgIpc) is 3.75. The number of ether oxygens (including phenoxy) is 1. The highest BCUT2D eigenvalue weighted by molar-refractivity contribution is 6.16. The molecule has 40 heavy (non-hydrogen) atoms. The summed E-state index contributed by atoms with van der Waals surface area (Å²) in [5.74, 6) is -2.51. The van der Waals surface area contributed by atoms with Crippen molar-refractivity contribution >= 4 is 35.0 Å². The van der Waals surface area contributed by atoms with E-state index in [4.69, 9.17) is 10.5 Å². The van der Waals surface area contributed by atoms with Gasteiger partial charge >= 0.3 is 6.03 Å². The number of primary amides is 1. The van der Waals surface area contributed by atoms with Crippen LogP contribution in [0.25, 0.3) is 0 Å². The highest BCUT2D eigenvalue weighted by Crippen LogP contribution is 2.49. The van der Waals surface area contributed by atoms with Crippen LogP contribution in [-0.4, -0.2) is 52.0 Å². The fourth-order valence-corrected chi connectivity index (χ4v) is 4.52. The van der Waals surface area contributed by atoms with Crippen molar-refractivity contribution in [2.45, 2.75) is 31.8 Å². The number of carbonyl (C=O) groups excluding carboxylic acids is 3. The second-order valence-electron chi connectivity index (χ2n) is 9.81. The zero-order chi connectivity index (χ0) is 28.4. The van der Waals surface area contributed by atoms with Crippen molar-refractivity contribution in [2.75, 3.05) is 23.3 Å². The largest absolute Gasteiger partial charge is 0.454 e. The monoisotopic (exact) mass is 551 g/mol. The number of urea groups is 1. The number of nitrogens with one attached hydrogen (secondary N) is 1. The van der Waals surface area contributed by atoms with Crippen LogP contribution in [0.3, 0.4) is 0 Å². The molecule has 1 saturated heterocycles. The highest BCUT2D eigenvalue weighted by atomic mass is 19.1. The van der Waals surface area contributed by atoms with Gasteiger partial charge in [0.25, 0.3) is 0 Å². The first-order valence-corrected chi connectivity index (χ1v) is 12.7. The molecule has 1 aliphatic carbocycles. The molecule has 2 aliphatic rings. The summed E-state index contributed by atoms with van der Waals surface area (Å²) >= 11 is 0. The molecule has 3 aromatic rings. The van der Waals surface area contributed by atoms with E-state index in [0.29, 0.717) is 25.9 Å². The number of aliphatic hydroxyl groups excluding tert-OH is 1. The van der Waals surface area contributed by atoms with Crippen LogP contribution in [0, 0.1) is 17.0 Å². The van der Waals surface area contributed by atoms with Gasteiger partial charge in [-0.3, -0.25) is 19.8 Å². The average molecular weight is 552 g/mol. The van der Waals surface area contributed by atoms with Gasteiger partial charge in [0.1, 0.15) is 22.8 Å². The minimum absolute atomic E-state index is 0.100. The van der Waals surface area contributed by atoms with Crippen LogP contribution in [-0.2, 0) is 9.59 Å². The Morgan fingerprint density at radius 1 is 1.02 bits per heavy atom. The number of amides is 4. The molecule has 4 amide bonds. The molecule has 0 atom stereocenters. The quantitative estimate of drug-likeness (QED) is 0.379. The highest BCUT2D eigenvalue weighted by Gasteiger charge is 2.57. The molecule has 2 heterocycles. The predicted molar refractivity (Wildman–Crippen MR) is 141 cm³/mol. The number of hydrogen-bond acceptors (Lipinski definition) is 6. The van der Waals surface area contributed by atoms with Crippen molar-refractivity contribution < 1.29 is 33.0 Å². The first kappa shape index (κ1) is 27.0. The summed E-state index contributed by atoms with van der Waals surface area (Å²) in [5.41, 5.74) is 4.44. The number of pyridine rings is 1. The smallest absolute Gasteiger partial charge is 0.323 e. The van der Waals surface area contributed by atoms with Gasteiger partial charge in [-0.05, 0) is 68.1 Å². The number of hydrogen-bond donors (Lipinski definition) is 3. The molecule has 0 bridgehead atoms. The Hall–Kier alpha value is -4.58. The summed E-state index contributed by atoms with van der Waals surface area (Å²) in [5, 5.41) is 12.3. The fraction of sp³-hybridized carbons (Fsp3) is 0.286. The summed E-state index contributed by atoms with van der Waals surface area (Å²) in [4.78, 5) is 44.8. The first-order chi connectivity index (χ1) is 19.2. The number of anilines is 3. The lowest BCUT2D eigenvalue weighted by Gasteiger charge is -2.29. The first-order valence-electron chi connectivity index (χ1n) is 12.7. The molecule has 1 aromatic heterocycles. The van der Waals surface area contributed by atoms with Crippen LogP contribution in [0.15, 0.2) is 60.8 Å². The van der Waals surface area contributed by atoms with E-state index in [1.54, 1.807) is 4.90 Å². The van der Waals surface area contributed by atoms with Gasteiger partial charge in [-0.15, -0.1) is 0 Å². The van der Waals surface area contributed by atoms with E-state index in [1.807, 2.05) is 0 Å². The van der Waals surface area contributed by atoms with Gasteiger partial charge in [-0.25, -0.2) is 18.6 Å². The molecule has 5 rings (SSSR count). The number of nitrogens with zero attached hydrogens (tertiary/aromatic N) is 3. The van der Waals surface area contributed by atoms with Gasteiger partial charge in [-0.1, -0.05) is 0 Å². The number of likely N-dealkylation sites (tertiary alicyclic amines) is 1. The molecule has 2 fully saturated rings. The van der Waals surface area contributed by atoms with Crippen LogP contribution < -0.4 is 20.7 Å². The van der Waals surface area contributed by atoms with E-state index in [-0.39, 0.29) is 47.6 Å². The van der Waals surface area contributed by atoms with Crippen LogP contribution >= 0.6 is 0 Å². The molecule has 0 spiro atoms. The predicted octanol–water partition coefficient (Wildman–Crippen LogP) is 4.07. The van der Waals surface area contributed by atoms with Crippen LogP contribution in [0.1, 0.15) is 25.7 Å². The summed E-state index contributed by atoms with van der Waals surface area (Å²) in [6.07, 6.45) is 2.50. The van der Waals surface area contributed by atoms with Gasteiger partial charge in [0, 0.05) is 37.1 Å². The molecule has 208 valence electrons. The second-order valence-corrected chi connectivity index (χ2v) is 9.81. The third-order valence-corrected chi connectivity index (χ3v) is 7.04. The molecule has 0 radical (unpaired) electrons. The van der Waals surface area contributed by atoms with E-state index >= 15 is 4.39 Å². The molecule has 1 aliphatic heterocycles. The molecule has 1 saturated carbocycles. The summed E-state index contributed by atoms with van der Waals surface area (Å²) in [7, 11) is 0. The Kier molecular flexibility index (Phi) is 7.35. The number of aromatic nitrogens is 1. The second kappa shape index (κ2) is 10.9. The molecule has 12 heteroatoms. The van der Waals surface area contributed by atoms with E-state index in [2.05, 4.69) is 10.3 Å². The zero-order valence-corrected chi connectivity index (χ0v) is 21.3. The van der Waals surface area contributed by atoms with Gasteiger partial charge in [0.05, 0.1) is 11.8 Å². The van der Waals surface area contributed by atoms with Crippen LogP contribution in [0.2, 0.25) is 0 Å². The van der Waals surface area contributed by atoms with E-state index in [1.165, 1.54) is 42.6 Å². The Balaban J connectivity index is 1.35. The number of rotatable bonds is 7. The lowest BCUT2D eigenvalue weighted by Crippen LogP contribution is -2.42. The number of halogens is 2. The lowest BCUT2D eigenvalue weighted by atomic mass is 10.0. The van der Waals surface area contributed by atoms with Gasteiger partial charge in [0.15, 0.2) is 11.6 Å². The summed E-state index contributed by atoms with van der Waals surface area (Å²) in [6, 6.07) is 11.4. The van der Waals surface area contributed by atoms with Crippen molar-refractivity contribution in [1.29, 1.82) is 0 Å². The van der Waals surface area contributed by atoms with Gasteiger partial charge in [0.2, 0.25) is 11.8 Å². The van der Waals surface area contributed by atoms with Crippen molar-refractivity contribution in [3.8, 4) is 11.5 Å². The Morgan fingerprint density at radius 3 is 2.33 bits per heavy atom. The Morgan fingerprint density at radius 2 is 1.70 bits per heavy atom. The van der Waals surface area contributed by atoms with E-state index in [9.17, 15) is 23.9 Å². The standard InChI is InChI=1S/C28H27F2N5O5/c29-17-1-3-18(4-2-17)35(26(38)28(10-11-28)25(31)37)19-5-6-23(22(30)15-19)40-21-7-12-32-24(16-21)33-27(39)34-13-8-20(36)9-14-34/h1-7,12,15-16,20,36H,8-11,13-14H2,(H2,31,37)(H,32,33,39). The topological polar surface area (TPSA) is 138 Å². The number of benzene rings is 2. The lowest BCUT2D eigenvalue weighted by molar-refractivity contribution is -0.133. The number of aliphatic hydroxyl groups is 1. The SMILES string of the molecule is NC(=O)C1(C(=O)N(c2ccc(F)cc2)c2ccc(Oc3ccnc(NC(=O)N4CCC(O)CC4)c3)c(F)c2)CC1. The molecular weight excluding hydrogens is 524 g/mol. The summed E-state index contributed by atoms with van der Waals surface area (Å²) in [6.45, 7) is 0.831. The maximum Gasteiger partial charge on any atom is 0.323 e. The fourth-order valence-electron chi connectivity index (χ4n) is 4.52. The Labute approximate surface area is 228 Å². The summed E-state index contributed by atoms with van der Waals surface area (Å²) < 4.78 is 34.5. The van der Waals surface area contributed by atoms with Crippen LogP contribution in [0.4, 0.5) is 30.8 Å². The van der Waals surface area contributed by atoms with Gasteiger partial charge in [-0.2, -0.15) is 0 Å². The molecular formula is C28H27F2N5O5. The molecule has 10 nitrogen and oxygen atoms in total. The number of carbonyl (C=O) groups is 3. The van der Waals surface area contributed by atoms with E-state index in [0.717, 1.165) is 23.1 Å². The molecule has 2 aromatic carbocycles. The maximum absolute atomic E-state index is 15.3. The Bertz CT molecular complexity index is 1440. The number of piperidine rings is 1. The minimum Gasteiger partial charge on any atom is -0.454 e. The zero-order valence-electron chi connectivity index (χ0n) is 21.3. The van der Waals surface area contributed by atoms with Gasteiger partial charge < -0.3 is 20.5 Å². The third-order valence-electron chi connectivity index (χ3n) is 7.04. The minimum atomic E-state index is -1.40. The van der Waals surface area contributed by atoms with Crippen molar-refractivity contribution in [1.82, 2.24) is 9.88 Å². The van der Waals surface area contributed by atoms with E-state index < -0.39 is 35.0 Å².